The highest BCUT2D eigenvalue weighted by molar-refractivity contribution is 5.38. The molecule has 1 aromatic rings. The molecule has 3 nitrogen and oxygen atoms in total. The predicted octanol–water partition coefficient (Wildman–Crippen LogP) is 3.22. The van der Waals surface area contributed by atoms with Crippen molar-refractivity contribution in [1.82, 2.24) is 4.98 Å². The van der Waals surface area contributed by atoms with Gasteiger partial charge in [0.1, 0.15) is 0 Å². The zero-order valence-electron chi connectivity index (χ0n) is 10.4. The van der Waals surface area contributed by atoms with Crippen LogP contribution in [0, 0.1) is 17.6 Å². The average molecular weight is 244 g/mol. The van der Waals surface area contributed by atoms with Crippen molar-refractivity contribution in [2.45, 2.75) is 26.7 Å². The highest BCUT2D eigenvalue weighted by atomic mass is 19.1. The Hall–Kier alpha value is -1.39. The Labute approximate surface area is 100 Å². The molecule has 0 amide bonds. The van der Waals surface area contributed by atoms with E-state index in [2.05, 4.69) is 17.2 Å². The van der Waals surface area contributed by atoms with E-state index in [1.165, 1.54) is 7.05 Å². The molecule has 0 saturated heterocycles. The Morgan fingerprint density at radius 2 is 2.12 bits per heavy atom. The van der Waals surface area contributed by atoms with E-state index >= 15 is 0 Å². The SMILES string of the molecule is CCCC(C)COc1nc(NC)c(F)cc1F. The minimum atomic E-state index is -0.773. The number of rotatable bonds is 6. The Kier molecular flexibility index (Phi) is 5.12. The second-order valence-corrected chi connectivity index (χ2v) is 4.06. The van der Waals surface area contributed by atoms with Crippen molar-refractivity contribution in [2.24, 2.45) is 5.92 Å². The van der Waals surface area contributed by atoms with Crippen molar-refractivity contribution in [3.8, 4) is 5.88 Å². The van der Waals surface area contributed by atoms with Crippen molar-refractivity contribution in [1.29, 1.82) is 0 Å². The van der Waals surface area contributed by atoms with E-state index in [0.717, 1.165) is 18.9 Å². The largest absolute Gasteiger partial charge is 0.475 e. The van der Waals surface area contributed by atoms with Crippen LogP contribution in [0.15, 0.2) is 6.07 Å². The van der Waals surface area contributed by atoms with Gasteiger partial charge >= 0.3 is 0 Å². The summed E-state index contributed by atoms with van der Waals surface area (Å²) >= 11 is 0. The van der Waals surface area contributed by atoms with Gasteiger partial charge in [0.2, 0.25) is 0 Å². The maximum atomic E-state index is 13.3. The van der Waals surface area contributed by atoms with Gasteiger partial charge in [-0.1, -0.05) is 20.3 Å². The van der Waals surface area contributed by atoms with Crippen LogP contribution in [0.2, 0.25) is 0 Å². The fourth-order valence-corrected chi connectivity index (χ4v) is 1.52. The predicted molar refractivity (Wildman–Crippen MR) is 63.3 cm³/mol. The molecule has 1 atom stereocenters. The number of pyridine rings is 1. The van der Waals surface area contributed by atoms with Crippen molar-refractivity contribution in [2.75, 3.05) is 19.0 Å². The lowest BCUT2D eigenvalue weighted by Gasteiger charge is -2.12. The molecule has 1 unspecified atom stereocenters. The van der Waals surface area contributed by atoms with Crippen LogP contribution in [0.4, 0.5) is 14.6 Å². The summed E-state index contributed by atoms with van der Waals surface area (Å²) in [6.07, 6.45) is 2.05. The Morgan fingerprint density at radius 1 is 1.41 bits per heavy atom. The lowest BCUT2D eigenvalue weighted by Crippen LogP contribution is -2.11. The minimum Gasteiger partial charge on any atom is -0.475 e. The fourth-order valence-electron chi connectivity index (χ4n) is 1.52. The molecule has 1 aromatic heterocycles. The number of hydrogen-bond acceptors (Lipinski definition) is 3. The quantitative estimate of drug-likeness (QED) is 0.834. The van der Waals surface area contributed by atoms with Crippen LogP contribution in [-0.2, 0) is 0 Å². The monoisotopic (exact) mass is 244 g/mol. The third-order valence-corrected chi connectivity index (χ3v) is 2.42. The van der Waals surface area contributed by atoms with Crippen LogP contribution in [-0.4, -0.2) is 18.6 Å². The van der Waals surface area contributed by atoms with E-state index < -0.39 is 11.6 Å². The molecule has 0 aliphatic heterocycles. The van der Waals surface area contributed by atoms with Gasteiger partial charge in [0.15, 0.2) is 17.5 Å². The van der Waals surface area contributed by atoms with E-state index in [1.54, 1.807) is 0 Å². The van der Waals surface area contributed by atoms with Gasteiger partial charge in [0.25, 0.3) is 5.88 Å². The number of aromatic nitrogens is 1. The van der Waals surface area contributed by atoms with E-state index in [1.807, 2.05) is 6.92 Å². The van der Waals surface area contributed by atoms with Crippen molar-refractivity contribution < 1.29 is 13.5 Å². The van der Waals surface area contributed by atoms with Gasteiger partial charge in [-0.25, -0.2) is 8.78 Å². The summed E-state index contributed by atoms with van der Waals surface area (Å²) in [7, 11) is 1.52. The first-order valence-corrected chi connectivity index (χ1v) is 5.75. The smallest absolute Gasteiger partial charge is 0.252 e. The first-order chi connectivity index (χ1) is 8.08. The van der Waals surface area contributed by atoms with Gasteiger partial charge < -0.3 is 10.1 Å². The molecule has 0 saturated carbocycles. The summed E-state index contributed by atoms with van der Waals surface area (Å²) in [5, 5.41) is 2.54. The molecule has 0 radical (unpaired) electrons. The normalized spacial score (nSPS) is 12.3. The molecule has 1 N–H and O–H groups in total. The van der Waals surface area contributed by atoms with Gasteiger partial charge in [0.05, 0.1) is 6.61 Å². The molecule has 0 spiro atoms. The third kappa shape index (κ3) is 3.84. The molecule has 5 heteroatoms. The standard InChI is InChI=1S/C12H18F2N2O/c1-4-5-8(2)7-17-12-10(14)6-9(13)11(15-3)16-12/h6,8H,4-5,7H2,1-3H3,(H,15,16). The van der Waals surface area contributed by atoms with Crippen LogP contribution in [0.1, 0.15) is 26.7 Å². The molecule has 0 bridgehead atoms. The van der Waals surface area contributed by atoms with Crippen molar-refractivity contribution in [3.05, 3.63) is 17.7 Å². The number of halogens is 2. The second kappa shape index (κ2) is 6.37. The number of hydrogen-bond donors (Lipinski definition) is 1. The summed E-state index contributed by atoms with van der Waals surface area (Å²) < 4.78 is 31.7. The van der Waals surface area contributed by atoms with Gasteiger partial charge in [-0.15, -0.1) is 0 Å². The van der Waals surface area contributed by atoms with Gasteiger partial charge in [-0.05, 0) is 12.3 Å². The van der Waals surface area contributed by atoms with Crippen LogP contribution in [0.3, 0.4) is 0 Å². The highest BCUT2D eigenvalue weighted by Crippen LogP contribution is 2.21. The lowest BCUT2D eigenvalue weighted by atomic mass is 10.1. The van der Waals surface area contributed by atoms with E-state index in [-0.39, 0.29) is 11.7 Å². The van der Waals surface area contributed by atoms with E-state index in [0.29, 0.717) is 12.5 Å². The maximum Gasteiger partial charge on any atom is 0.252 e. The Balaban J connectivity index is 2.70. The first-order valence-electron chi connectivity index (χ1n) is 5.75. The average Bonchev–Trinajstić information content (AvgIpc) is 2.28. The molecule has 1 rings (SSSR count). The molecule has 0 aliphatic rings. The van der Waals surface area contributed by atoms with Crippen LogP contribution >= 0.6 is 0 Å². The van der Waals surface area contributed by atoms with Gasteiger partial charge in [-0.2, -0.15) is 4.98 Å². The van der Waals surface area contributed by atoms with Crippen LogP contribution < -0.4 is 10.1 Å². The molecule has 1 heterocycles. The summed E-state index contributed by atoms with van der Waals surface area (Å²) in [4.78, 5) is 3.74. The molecular formula is C12H18F2N2O. The molecule has 0 aromatic carbocycles. The minimum absolute atomic E-state index is 0.00968. The molecule has 0 fully saturated rings. The summed E-state index contributed by atoms with van der Waals surface area (Å²) in [5.41, 5.74) is 0. The number of anilines is 1. The van der Waals surface area contributed by atoms with Gasteiger partial charge in [-0.3, -0.25) is 0 Å². The first kappa shape index (κ1) is 13.7. The lowest BCUT2D eigenvalue weighted by molar-refractivity contribution is 0.232. The zero-order valence-corrected chi connectivity index (χ0v) is 10.4. The zero-order chi connectivity index (χ0) is 12.8. The summed E-state index contributed by atoms with van der Waals surface area (Å²) in [6, 6.07) is 0.776. The van der Waals surface area contributed by atoms with Crippen molar-refractivity contribution >= 4 is 5.82 Å². The number of nitrogens with zero attached hydrogens (tertiary/aromatic N) is 1. The van der Waals surface area contributed by atoms with Gasteiger partial charge in [0, 0.05) is 13.1 Å². The Morgan fingerprint density at radius 3 is 2.71 bits per heavy atom. The number of ether oxygens (including phenoxy) is 1. The van der Waals surface area contributed by atoms with E-state index in [9.17, 15) is 8.78 Å². The van der Waals surface area contributed by atoms with Crippen LogP contribution in [0.25, 0.3) is 0 Å². The maximum absolute atomic E-state index is 13.3. The van der Waals surface area contributed by atoms with Crippen molar-refractivity contribution in [3.63, 3.8) is 0 Å². The number of nitrogens with one attached hydrogen (secondary N) is 1. The molecule has 96 valence electrons. The fraction of sp³-hybridized carbons (Fsp3) is 0.583. The third-order valence-electron chi connectivity index (χ3n) is 2.42. The highest BCUT2D eigenvalue weighted by Gasteiger charge is 2.13. The topological polar surface area (TPSA) is 34.1 Å². The summed E-state index contributed by atoms with van der Waals surface area (Å²) in [6.45, 7) is 4.47. The summed E-state index contributed by atoms with van der Waals surface area (Å²) in [5.74, 6) is -1.34. The van der Waals surface area contributed by atoms with Crippen LogP contribution in [0.5, 0.6) is 5.88 Å². The molecule has 17 heavy (non-hydrogen) atoms. The van der Waals surface area contributed by atoms with E-state index in [4.69, 9.17) is 4.74 Å². The second-order valence-electron chi connectivity index (χ2n) is 4.06. The molecule has 0 aliphatic carbocycles. The Bertz CT molecular complexity index is 372. The molecular weight excluding hydrogens is 226 g/mol.